The van der Waals surface area contributed by atoms with E-state index in [2.05, 4.69) is 17.6 Å². The number of rotatable bonds is 10. The second-order valence-electron chi connectivity index (χ2n) is 6.00. The summed E-state index contributed by atoms with van der Waals surface area (Å²) in [5.41, 5.74) is 1.49. The number of nitrogens with zero attached hydrogens (tertiary/aromatic N) is 1. The average Bonchev–Trinajstić information content (AvgIpc) is 2.59. The molecule has 0 atom stereocenters. The summed E-state index contributed by atoms with van der Waals surface area (Å²) in [5, 5.41) is 14.7. The summed E-state index contributed by atoms with van der Waals surface area (Å²) in [4.78, 5) is 23.1. The molecule has 134 valence electrons. The molecule has 0 spiro atoms. The summed E-state index contributed by atoms with van der Waals surface area (Å²) in [6.45, 7) is 4.21. The Morgan fingerprint density at radius 1 is 1.08 bits per heavy atom. The van der Waals surface area contributed by atoms with Crippen molar-refractivity contribution >= 4 is 23.6 Å². The standard InChI is InChI=1S/C20H27N3O2/c1-3-4-5-6-7-8-13-22-20(25)18(15-21)14-17-9-11-19(12-10-17)23-16(2)24/h9-12,14H,3-8,13H2,1-2H3,(H,22,25)(H,23,24). The fourth-order valence-corrected chi connectivity index (χ4v) is 2.38. The van der Waals surface area contributed by atoms with Gasteiger partial charge in [-0.15, -0.1) is 0 Å². The largest absolute Gasteiger partial charge is 0.351 e. The van der Waals surface area contributed by atoms with Crippen LogP contribution in [0.1, 0.15) is 57.9 Å². The molecule has 0 aliphatic heterocycles. The minimum absolute atomic E-state index is 0.0817. The molecule has 1 rings (SSSR count). The Morgan fingerprint density at radius 3 is 2.32 bits per heavy atom. The van der Waals surface area contributed by atoms with Crippen LogP contribution in [0.25, 0.3) is 6.08 Å². The van der Waals surface area contributed by atoms with Gasteiger partial charge in [-0.2, -0.15) is 5.26 Å². The van der Waals surface area contributed by atoms with Crippen LogP contribution in [0.3, 0.4) is 0 Å². The van der Waals surface area contributed by atoms with Crippen molar-refractivity contribution in [3.8, 4) is 6.07 Å². The lowest BCUT2D eigenvalue weighted by atomic mass is 10.1. The number of nitriles is 1. The van der Waals surface area contributed by atoms with Crippen molar-refractivity contribution in [2.24, 2.45) is 0 Å². The van der Waals surface area contributed by atoms with E-state index in [-0.39, 0.29) is 17.4 Å². The highest BCUT2D eigenvalue weighted by molar-refractivity contribution is 6.01. The molecule has 0 fully saturated rings. The van der Waals surface area contributed by atoms with Gasteiger partial charge in [-0.1, -0.05) is 51.2 Å². The summed E-state index contributed by atoms with van der Waals surface area (Å²) < 4.78 is 0. The molecule has 2 N–H and O–H groups in total. The van der Waals surface area contributed by atoms with Gasteiger partial charge in [-0.05, 0) is 30.2 Å². The maximum absolute atomic E-state index is 12.1. The van der Waals surface area contributed by atoms with E-state index in [1.54, 1.807) is 30.3 Å². The van der Waals surface area contributed by atoms with Crippen molar-refractivity contribution in [2.45, 2.75) is 52.4 Å². The van der Waals surface area contributed by atoms with E-state index < -0.39 is 0 Å². The van der Waals surface area contributed by atoms with Gasteiger partial charge in [0.15, 0.2) is 0 Å². The highest BCUT2D eigenvalue weighted by Gasteiger charge is 2.08. The van der Waals surface area contributed by atoms with Gasteiger partial charge in [0.25, 0.3) is 5.91 Å². The van der Waals surface area contributed by atoms with Crippen molar-refractivity contribution in [3.05, 3.63) is 35.4 Å². The molecule has 5 nitrogen and oxygen atoms in total. The molecule has 0 aliphatic carbocycles. The second kappa shape index (κ2) is 11.9. The first kappa shape index (κ1) is 20.4. The molecule has 0 saturated heterocycles. The zero-order valence-electron chi connectivity index (χ0n) is 15.1. The number of carbonyl (C=O) groups excluding carboxylic acids is 2. The van der Waals surface area contributed by atoms with E-state index in [0.717, 1.165) is 18.4 Å². The van der Waals surface area contributed by atoms with Gasteiger partial charge >= 0.3 is 0 Å². The minimum atomic E-state index is -0.345. The highest BCUT2D eigenvalue weighted by Crippen LogP contribution is 2.12. The second-order valence-corrected chi connectivity index (χ2v) is 6.00. The number of carbonyl (C=O) groups is 2. The predicted octanol–water partition coefficient (Wildman–Crippen LogP) is 4.03. The monoisotopic (exact) mass is 341 g/mol. The van der Waals surface area contributed by atoms with Crippen LogP contribution in [0.15, 0.2) is 29.8 Å². The molecule has 0 radical (unpaired) electrons. The summed E-state index contributed by atoms with van der Waals surface area (Å²) in [7, 11) is 0. The number of unbranched alkanes of at least 4 members (excludes halogenated alkanes) is 5. The Morgan fingerprint density at radius 2 is 1.72 bits per heavy atom. The van der Waals surface area contributed by atoms with Crippen molar-refractivity contribution in [1.82, 2.24) is 5.32 Å². The van der Waals surface area contributed by atoms with Gasteiger partial charge in [0.05, 0.1) is 0 Å². The Balaban J connectivity index is 2.48. The van der Waals surface area contributed by atoms with Crippen LogP contribution in [0.2, 0.25) is 0 Å². The smallest absolute Gasteiger partial charge is 0.261 e. The van der Waals surface area contributed by atoms with E-state index in [1.165, 1.54) is 32.6 Å². The van der Waals surface area contributed by atoms with Crippen LogP contribution in [-0.4, -0.2) is 18.4 Å². The van der Waals surface area contributed by atoms with Gasteiger partial charge in [0.1, 0.15) is 11.6 Å². The average molecular weight is 341 g/mol. The van der Waals surface area contributed by atoms with Crippen LogP contribution in [0, 0.1) is 11.3 Å². The van der Waals surface area contributed by atoms with Crippen molar-refractivity contribution in [1.29, 1.82) is 5.26 Å². The molecular formula is C20H27N3O2. The van der Waals surface area contributed by atoms with Gasteiger partial charge in [0.2, 0.25) is 5.91 Å². The van der Waals surface area contributed by atoms with Crippen molar-refractivity contribution in [2.75, 3.05) is 11.9 Å². The highest BCUT2D eigenvalue weighted by atomic mass is 16.2. The van der Waals surface area contributed by atoms with Crippen molar-refractivity contribution in [3.63, 3.8) is 0 Å². The number of nitrogens with one attached hydrogen (secondary N) is 2. The Kier molecular flexibility index (Phi) is 9.69. The molecule has 0 aromatic heterocycles. The van der Waals surface area contributed by atoms with E-state index in [4.69, 9.17) is 0 Å². The van der Waals surface area contributed by atoms with E-state index >= 15 is 0 Å². The zero-order valence-corrected chi connectivity index (χ0v) is 15.1. The molecule has 1 aromatic carbocycles. The molecule has 2 amide bonds. The van der Waals surface area contributed by atoms with Gasteiger partial charge < -0.3 is 10.6 Å². The normalized spacial score (nSPS) is 10.8. The van der Waals surface area contributed by atoms with Crippen LogP contribution in [0.5, 0.6) is 0 Å². The fourth-order valence-electron chi connectivity index (χ4n) is 2.38. The third-order valence-corrected chi connectivity index (χ3v) is 3.72. The Labute approximate surface area is 150 Å². The first-order chi connectivity index (χ1) is 12.1. The Hall–Kier alpha value is -2.61. The molecule has 0 unspecified atom stereocenters. The fraction of sp³-hybridized carbons (Fsp3) is 0.450. The summed E-state index contributed by atoms with van der Waals surface area (Å²) >= 11 is 0. The lowest BCUT2D eigenvalue weighted by Crippen LogP contribution is -2.25. The van der Waals surface area contributed by atoms with Crippen molar-refractivity contribution < 1.29 is 9.59 Å². The maximum Gasteiger partial charge on any atom is 0.261 e. The third-order valence-electron chi connectivity index (χ3n) is 3.72. The number of benzene rings is 1. The van der Waals surface area contributed by atoms with Crippen LogP contribution in [-0.2, 0) is 9.59 Å². The number of anilines is 1. The molecule has 5 heteroatoms. The Bertz CT molecular complexity index is 627. The van der Waals surface area contributed by atoms with Gasteiger partial charge in [0, 0.05) is 19.2 Å². The van der Waals surface area contributed by atoms with E-state index in [0.29, 0.717) is 12.2 Å². The number of amides is 2. The third kappa shape index (κ3) is 8.71. The first-order valence-corrected chi connectivity index (χ1v) is 8.84. The SMILES string of the molecule is CCCCCCCCNC(=O)C(C#N)=Cc1ccc(NC(C)=O)cc1. The maximum atomic E-state index is 12.1. The zero-order chi connectivity index (χ0) is 18.5. The van der Waals surface area contributed by atoms with Gasteiger partial charge in [-0.3, -0.25) is 9.59 Å². The molecule has 0 heterocycles. The number of hydrogen-bond donors (Lipinski definition) is 2. The topological polar surface area (TPSA) is 82.0 Å². The van der Waals surface area contributed by atoms with Crippen LogP contribution >= 0.6 is 0 Å². The van der Waals surface area contributed by atoms with Crippen LogP contribution < -0.4 is 10.6 Å². The summed E-state index contributed by atoms with van der Waals surface area (Å²) in [6, 6.07) is 8.92. The van der Waals surface area contributed by atoms with Crippen LogP contribution in [0.4, 0.5) is 5.69 Å². The van der Waals surface area contributed by atoms with Gasteiger partial charge in [-0.25, -0.2) is 0 Å². The summed E-state index contributed by atoms with van der Waals surface area (Å²) in [6.07, 6.45) is 8.48. The number of hydrogen-bond acceptors (Lipinski definition) is 3. The lowest BCUT2D eigenvalue weighted by molar-refractivity contribution is -0.117. The molecule has 1 aromatic rings. The molecule has 0 bridgehead atoms. The molecule has 0 aliphatic rings. The lowest BCUT2D eigenvalue weighted by Gasteiger charge is -2.05. The van der Waals surface area contributed by atoms with E-state index in [9.17, 15) is 14.9 Å². The molecular weight excluding hydrogens is 314 g/mol. The molecule has 0 saturated carbocycles. The summed E-state index contributed by atoms with van der Waals surface area (Å²) in [5.74, 6) is -0.489. The molecule has 25 heavy (non-hydrogen) atoms. The first-order valence-electron chi connectivity index (χ1n) is 8.84. The predicted molar refractivity (Wildman–Crippen MR) is 101 cm³/mol. The quantitative estimate of drug-likeness (QED) is 0.383. The minimum Gasteiger partial charge on any atom is -0.351 e. The van der Waals surface area contributed by atoms with E-state index in [1.807, 2.05) is 6.07 Å².